The Bertz CT molecular complexity index is 721. The van der Waals surface area contributed by atoms with Crippen molar-refractivity contribution in [1.29, 1.82) is 0 Å². The summed E-state index contributed by atoms with van der Waals surface area (Å²) < 4.78 is 0.626. The van der Waals surface area contributed by atoms with Crippen LogP contribution < -0.4 is 5.32 Å². The summed E-state index contributed by atoms with van der Waals surface area (Å²) in [5, 5.41) is 11.6. The van der Waals surface area contributed by atoms with Gasteiger partial charge in [0, 0.05) is 20.3 Å². The second-order valence-corrected chi connectivity index (χ2v) is 6.44. The van der Waals surface area contributed by atoms with E-state index in [1.807, 2.05) is 19.1 Å². The summed E-state index contributed by atoms with van der Waals surface area (Å²) in [5.74, 6) is -1.35. The van der Waals surface area contributed by atoms with Crippen LogP contribution in [0.15, 0.2) is 40.9 Å². The quantitative estimate of drug-likeness (QED) is 0.799. The van der Waals surface area contributed by atoms with E-state index in [1.54, 1.807) is 23.5 Å². The molecule has 2 rings (SSSR count). The van der Waals surface area contributed by atoms with E-state index >= 15 is 0 Å². The van der Waals surface area contributed by atoms with E-state index in [1.165, 1.54) is 23.1 Å². The molecule has 6 heteroatoms. The van der Waals surface area contributed by atoms with Gasteiger partial charge >= 0.3 is 5.97 Å². The van der Waals surface area contributed by atoms with Crippen LogP contribution in [0.25, 0.3) is 6.08 Å². The van der Waals surface area contributed by atoms with Crippen molar-refractivity contribution in [3.8, 4) is 0 Å². The van der Waals surface area contributed by atoms with Gasteiger partial charge in [-0.2, -0.15) is 0 Å². The van der Waals surface area contributed by atoms with Crippen molar-refractivity contribution in [3.63, 3.8) is 0 Å². The molecule has 0 aliphatic heterocycles. The van der Waals surface area contributed by atoms with Gasteiger partial charge in [-0.1, -0.05) is 0 Å². The zero-order valence-electron chi connectivity index (χ0n) is 11.1. The highest BCUT2D eigenvalue weighted by Crippen LogP contribution is 2.24. The lowest BCUT2D eigenvalue weighted by Crippen LogP contribution is -2.09. The number of carboxylic acid groups (broad SMARTS) is 1. The third kappa shape index (κ3) is 4.27. The van der Waals surface area contributed by atoms with Gasteiger partial charge < -0.3 is 10.4 Å². The van der Waals surface area contributed by atoms with Gasteiger partial charge in [-0.05, 0) is 59.3 Å². The van der Waals surface area contributed by atoms with Crippen molar-refractivity contribution < 1.29 is 14.7 Å². The van der Waals surface area contributed by atoms with E-state index < -0.39 is 5.97 Å². The van der Waals surface area contributed by atoms with Crippen LogP contribution in [0.2, 0.25) is 0 Å². The molecule has 0 unspecified atom stereocenters. The average Bonchev–Trinajstić information content (AvgIpc) is 2.84. The van der Waals surface area contributed by atoms with Crippen LogP contribution in [0.1, 0.15) is 20.1 Å². The van der Waals surface area contributed by atoms with Crippen molar-refractivity contribution >= 4 is 50.9 Å². The predicted octanol–water partition coefficient (Wildman–Crippen LogP) is 4.17. The molecule has 2 aromatic rings. The molecule has 0 saturated heterocycles. The van der Waals surface area contributed by atoms with E-state index in [0.717, 1.165) is 4.88 Å². The lowest BCUT2D eigenvalue weighted by Gasteiger charge is -2.06. The number of benzene rings is 1. The molecule has 108 valence electrons. The Balaban J connectivity index is 2.10. The molecule has 1 aromatic heterocycles. The van der Waals surface area contributed by atoms with Crippen LogP contribution in [0.5, 0.6) is 0 Å². The first-order valence-electron chi connectivity index (χ1n) is 6.04. The number of carbonyl (C=O) groups is 2. The highest BCUT2D eigenvalue weighted by atomic mass is 79.9. The van der Waals surface area contributed by atoms with Gasteiger partial charge in [-0.15, -0.1) is 11.3 Å². The lowest BCUT2D eigenvalue weighted by atomic mass is 10.2. The predicted molar refractivity (Wildman–Crippen MR) is 87.8 cm³/mol. The standard InChI is InChI=1S/C15H12BrNO3S/c1-9-2-4-11(21-9)5-7-14(18)17-13-8-10(15(19)20)3-6-12(13)16/h2-8H,1H3,(H,17,18)(H,19,20)/b7-5+. The summed E-state index contributed by atoms with van der Waals surface area (Å²) in [5.41, 5.74) is 0.540. The molecule has 1 aromatic carbocycles. The van der Waals surface area contributed by atoms with Crippen molar-refractivity contribution in [1.82, 2.24) is 0 Å². The van der Waals surface area contributed by atoms with Crippen LogP contribution in [0.4, 0.5) is 5.69 Å². The Kier molecular flexibility index (Phi) is 4.93. The molecule has 0 aliphatic carbocycles. The van der Waals surface area contributed by atoms with Gasteiger partial charge in [0.1, 0.15) is 0 Å². The minimum Gasteiger partial charge on any atom is -0.478 e. The van der Waals surface area contributed by atoms with E-state index in [-0.39, 0.29) is 11.5 Å². The zero-order chi connectivity index (χ0) is 15.4. The summed E-state index contributed by atoms with van der Waals surface area (Å²) in [6.45, 7) is 2.00. The van der Waals surface area contributed by atoms with Gasteiger partial charge in [0.15, 0.2) is 0 Å². The Hall–Kier alpha value is -1.92. The molecule has 1 amide bonds. The number of amides is 1. The van der Waals surface area contributed by atoms with Gasteiger partial charge in [-0.3, -0.25) is 4.79 Å². The van der Waals surface area contributed by atoms with Crippen molar-refractivity contribution in [2.24, 2.45) is 0 Å². The number of carboxylic acids is 1. The summed E-state index contributed by atoms with van der Waals surface area (Å²) in [6, 6.07) is 8.38. The topological polar surface area (TPSA) is 66.4 Å². The minimum absolute atomic E-state index is 0.117. The molecule has 21 heavy (non-hydrogen) atoms. The smallest absolute Gasteiger partial charge is 0.335 e. The molecule has 0 bridgehead atoms. The molecular weight excluding hydrogens is 354 g/mol. The maximum Gasteiger partial charge on any atom is 0.335 e. The normalized spacial score (nSPS) is 10.8. The molecule has 1 heterocycles. The maximum absolute atomic E-state index is 11.9. The Labute approximate surface area is 134 Å². The Morgan fingerprint density at radius 2 is 2.05 bits per heavy atom. The average molecular weight is 366 g/mol. The number of nitrogens with one attached hydrogen (secondary N) is 1. The SMILES string of the molecule is Cc1ccc(/C=C/C(=O)Nc2cc(C(=O)O)ccc2Br)s1. The molecule has 0 fully saturated rings. The minimum atomic E-state index is -1.04. The summed E-state index contributed by atoms with van der Waals surface area (Å²) in [4.78, 5) is 24.9. The maximum atomic E-state index is 11.9. The van der Waals surface area contributed by atoms with Crippen LogP contribution in [0, 0.1) is 6.92 Å². The third-order valence-electron chi connectivity index (χ3n) is 2.63. The number of aryl methyl sites for hydroxylation is 1. The van der Waals surface area contributed by atoms with Crippen molar-refractivity contribution in [2.45, 2.75) is 6.92 Å². The fourth-order valence-corrected chi connectivity index (χ4v) is 2.76. The van der Waals surface area contributed by atoms with Gasteiger partial charge in [0.05, 0.1) is 11.3 Å². The molecule has 0 spiro atoms. The number of aromatic carboxylic acids is 1. The van der Waals surface area contributed by atoms with Crippen molar-refractivity contribution in [2.75, 3.05) is 5.32 Å². The fourth-order valence-electron chi connectivity index (χ4n) is 1.63. The van der Waals surface area contributed by atoms with Gasteiger partial charge in [0.2, 0.25) is 5.91 Å². The number of thiophene rings is 1. The highest BCUT2D eigenvalue weighted by Gasteiger charge is 2.08. The van der Waals surface area contributed by atoms with Gasteiger partial charge in [0.25, 0.3) is 0 Å². The van der Waals surface area contributed by atoms with E-state index in [4.69, 9.17) is 5.11 Å². The van der Waals surface area contributed by atoms with Crippen LogP contribution in [0.3, 0.4) is 0 Å². The number of hydrogen-bond donors (Lipinski definition) is 2. The largest absolute Gasteiger partial charge is 0.478 e. The lowest BCUT2D eigenvalue weighted by molar-refractivity contribution is -0.111. The third-order valence-corrected chi connectivity index (χ3v) is 4.29. The molecular formula is C15H12BrNO3S. The number of rotatable bonds is 4. The van der Waals surface area contributed by atoms with E-state index in [0.29, 0.717) is 10.2 Å². The summed E-state index contributed by atoms with van der Waals surface area (Å²) >= 11 is 4.87. The second kappa shape index (κ2) is 6.69. The molecule has 2 N–H and O–H groups in total. The van der Waals surface area contributed by atoms with Crippen molar-refractivity contribution in [3.05, 3.63) is 56.2 Å². The number of hydrogen-bond acceptors (Lipinski definition) is 3. The zero-order valence-corrected chi connectivity index (χ0v) is 13.5. The molecule has 4 nitrogen and oxygen atoms in total. The Morgan fingerprint density at radius 1 is 1.29 bits per heavy atom. The van der Waals surface area contributed by atoms with Crippen LogP contribution in [-0.4, -0.2) is 17.0 Å². The molecule has 0 radical (unpaired) electrons. The van der Waals surface area contributed by atoms with E-state index in [2.05, 4.69) is 21.2 Å². The number of halogens is 1. The summed E-state index contributed by atoms with van der Waals surface area (Å²) in [6.07, 6.45) is 3.15. The molecule has 0 atom stereocenters. The first-order valence-corrected chi connectivity index (χ1v) is 7.65. The number of anilines is 1. The fraction of sp³-hybridized carbons (Fsp3) is 0.0667. The summed E-state index contributed by atoms with van der Waals surface area (Å²) in [7, 11) is 0. The first kappa shape index (κ1) is 15.5. The highest BCUT2D eigenvalue weighted by molar-refractivity contribution is 9.10. The first-order chi connectivity index (χ1) is 9.95. The number of carbonyl (C=O) groups excluding carboxylic acids is 1. The molecule has 0 saturated carbocycles. The molecule has 0 aliphatic rings. The second-order valence-electron chi connectivity index (χ2n) is 4.27. The monoisotopic (exact) mass is 365 g/mol. The van der Waals surface area contributed by atoms with Crippen LogP contribution in [-0.2, 0) is 4.79 Å². The Morgan fingerprint density at radius 3 is 2.67 bits per heavy atom. The van der Waals surface area contributed by atoms with E-state index in [9.17, 15) is 9.59 Å². The van der Waals surface area contributed by atoms with Crippen LogP contribution >= 0.6 is 27.3 Å². The van der Waals surface area contributed by atoms with Gasteiger partial charge in [-0.25, -0.2) is 4.79 Å².